The highest BCUT2D eigenvalue weighted by Gasteiger charge is 2.21. The van der Waals surface area contributed by atoms with E-state index in [4.69, 9.17) is 4.74 Å². The van der Waals surface area contributed by atoms with Gasteiger partial charge in [-0.15, -0.1) is 0 Å². The molecule has 0 saturated heterocycles. The molecule has 0 aromatic heterocycles. The quantitative estimate of drug-likeness (QED) is 0.779. The van der Waals surface area contributed by atoms with Crippen LogP contribution in [-0.2, 0) is 16.6 Å². The Morgan fingerprint density at radius 2 is 2.10 bits per heavy atom. The minimum absolute atomic E-state index is 0.133. The van der Waals surface area contributed by atoms with E-state index >= 15 is 0 Å². The maximum absolute atomic E-state index is 12.4. The lowest BCUT2D eigenvalue weighted by atomic mass is 10.2. The van der Waals surface area contributed by atoms with Gasteiger partial charge in [0.2, 0.25) is 10.0 Å². The summed E-state index contributed by atoms with van der Waals surface area (Å²) < 4.78 is 31.3. The molecule has 0 fully saturated rings. The monoisotopic (exact) mass is 299 g/mol. The van der Waals surface area contributed by atoms with Crippen molar-refractivity contribution in [2.24, 2.45) is 0 Å². The number of ether oxygens (including phenoxy) is 1. The van der Waals surface area contributed by atoms with E-state index in [2.05, 4.69) is 6.58 Å². The van der Waals surface area contributed by atoms with E-state index in [9.17, 15) is 13.5 Å². The van der Waals surface area contributed by atoms with Crippen molar-refractivity contribution in [3.8, 4) is 5.75 Å². The van der Waals surface area contributed by atoms with E-state index in [1.807, 2.05) is 6.92 Å². The number of rotatable bonds is 7. The average Bonchev–Trinajstić information content (AvgIpc) is 2.38. The van der Waals surface area contributed by atoms with Crippen LogP contribution in [0.25, 0.3) is 0 Å². The van der Waals surface area contributed by atoms with Crippen LogP contribution in [-0.4, -0.2) is 38.0 Å². The maximum Gasteiger partial charge on any atom is 0.243 e. The highest BCUT2D eigenvalue weighted by Crippen LogP contribution is 2.24. The molecule has 0 aliphatic carbocycles. The van der Waals surface area contributed by atoms with Crippen LogP contribution in [0.15, 0.2) is 35.2 Å². The summed E-state index contributed by atoms with van der Waals surface area (Å²) in [5, 5.41) is 9.32. The molecule has 0 heterocycles. The highest BCUT2D eigenvalue weighted by molar-refractivity contribution is 7.89. The molecule has 0 radical (unpaired) electrons. The van der Waals surface area contributed by atoms with Crippen LogP contribution >= 0.6 is 0 Å². The van der Waals surface area contributed by atoms with Crippen LogP contribution in [0.4, 0.5) is 0 Å². The van der Waals surface area contributed by atoms with Gasteiger partial charge in [-0.2, -0.15) is 4.31 Å². The molecule has 0 amide bonds. The van der Waals surface area contributed by atoms with Crippen molar-refractivity contribution in [3.63, 3.8) is 0 Å². The van der Waals surface area contributed by atoms with Crippen LogP contribution in [0.3, 0.4) is 0 Å². The number of likely N-dealkylation sites (N-methyl/N-ethyl adjacent to an activating group) is 1. The Hall–Kier alpha value is -1.37. The fourth-order valence-electron chi connectivity index (χ4n) is 1.78. The molecule has 6 heteroatoms. The topological polar surface area (TPSA) is 66.8 Å². The first kappa shape index (κ1) is 16.7. The smallest absolute Gasteiger partial charge is 0.243 e. The summed E-state index contributed by atoms with van der Waals surface area (Å²) in [5.41, 5.74) is 1.21. The van der Waals surface area contributed by atoms with Gasteiger partial charge in [-0.25, -0.2) is 8.42 Å². The van der Waals surface area contributed by atoms with Gasteiger partial charge in [0, 0.05) is 19.2 Å². The summed E-state index contributed by atoms with van der Waals surface area (Å²) in [7, 11) is -2.09. The molecule has 112 valence electrons. The third-order valence-electron chi connectivity index (χ3n) is 2.70. The first-order chi connectivity index (χ1) is 9.32. The number of sulfonamides is 1. The summed E-state index contributed by atoms with van der Waals surface area (Å²) >= 11 is 0. The van der Waals surface area contributed by atoms with Crippen molar-refractivity contribution in [3.05, 3.63) is 35.9 Å². The number of aliphatic hydroxyl groups is 1. The average molecular weight is 299 g/mol. The molecule has 1 rings (SSSR count). The zero-order valence-corrected chi connectivity index (χ0v) is 12.9. The van der Waals surface area contributed by atoms with Crippen LogP contribution in [0.1, 0.15) is 19.4 Å². The first-order valence-electron chi connectivity index (χ1n) is 6.30. The molecular formula is C14H21NO4S. The van der Waals surface area contributed by atoms with E-state index in [0.29, 0.717) is 17.9 Å². The Labute approximate surface area is 120 Å². The molecule has 0 aliphatic heterocycles. The Morgan fingerprint density at radius 1 is 1.45 bits per heavy atom. The van der Waals surface area contributed by atoms with Gasteiger partial charge in [0.1, 0.15) is 5.75 Å². The third-order valence-corrected chi connectivity index (χ3v) is 4.50. The van der Waals surface area contributed by atoms with Crippen molar-refractivity contribution in [1.29, 1.82) is 0 Å². The predicted octanol–water partition coefficient (Wildman–Crippen LogP) is 1.77. The molecule has 0 saturated carbocycles. The standard InChI is InChI=1S/C14H21NO4S/c1-5-19-14-7-6-13(8-12(14)10-16)20(17,18)15(4)9-11(2)3/h6-8,16H,2,5,9-10H2,1,3-4H3. The number of nitrogens with zero attached hydrogens (tertiary/aromatic N) is 1. The molecule has 1 aromatic carbocycles. The lowest BCUT2D eigenvalue weighted by Gasteiger charge is -2.18. The van der Waals surface area contributed by atoms with Gasteiger partial charge in [-0.1, -0.05) is 12.2 Å². The fraction of sp³-hybridized carbons (Fsp3) is 0.429. The molecular weight excluding hydrogens is 278 g/mol. The van der Waals surface area contributed by atoms with Crippen molar-refractivity contribution < 1.29 is 18.3 Å². The summed E-state index contributed by atoms with van der Waals surface area (Å²) in [4.78, 5) is 0.133. The van der Waals surface area contributed by atoms with Crippen molar-refractivity contribution >= 4 is 10.0 Å². The lowest BCUT2D eigenvalue weighted by molar-refractivity contribution is 0.266. The second-order valence-electron chi connectivity index (χ2n) is 4.58. The molecule has 0 aliphatic rings. The predicted molar refractivity (Wildman–Crippen MR) is 78.2 cm³/mol. The molecule has 20 heavy (non-hydrogen) atoms. The first-order valence-corrected chi connectivity index (χ1v) is 7.74. The van der Waals surface area contributed by atoms with Gasteiger partial charge in [-0.05, 0) is 32.0 Å². The second kappa shape index (κ2) is 6.88. The molecule has 1 N–H and O–H groups in total. The van der Waals surface area contributed by atoms with Crippen LogP contribution < -0.4 is 4.74 Å². The summed E-state index contributed by atoms with van der Waals surface area (Å²) in [5.74, 6) is 0.497. The van der Waals surface area contributed by atoms with Crippen LogP contribution in [0.5, 0.6) is 5.75 Å². The van der Waals surface area contributed by atoms with E-state index in [1.165, 1.54) is 23.5 Å². The Bertz CT molecular complexity index is 581. The fourth-order valence-corrected chi connectivity index (χ4v) is 3.06. The second-order valence-corrected chi connectivity index (χ2v) is 6.62. The van der Waals surface area contributed by atoms with Gasteiger partial charge >= 0.3 is 0 Å². The number of benzene rings is 1. The summed E-state index contributed by atoms with van der Waals surface area (Å²) in [6.07, 6.45) is 0. The largest absolute Gasteiger partial charge is 0.494 e. The Morgan fingerprint density at radius 3 is 2.60 bits per heavy atom. The number of aliphatic hydroxyl groups excluding tert-OH is 1. The maximum atomic E-state index is 12.4. The molecule has 5 nitrogen and oxygen atoms in total. The van der Waals surface area contributed by atoms with Gasteiger partial charge in [0.05, 0.1) is 18.1 Å². The highest BCUT2D eigenvalue weighted by atomic mass is 32.2. The third kappa shape index (κ3) is 3.82. The SMILES string of the molecule is C=C(C)CN(C)S(=O)(=O)c1ccc(OCC)c(CO)c1. The minimum atomic E-state index is -3.59. The van der Waals surface area contributed by atoms with Crippen molar-refractivity contribution in [1.82, 2.24) is 4.31 Å². The Balaban J connectivity index is 3.16. The Kier molecular flexibility index (Phi) is 5.74. The van der Waals surface area contributed by atoms with E-state index in [-0.39, 0.29) is 18.0 Å². The van der Waals surface area contributed by atoms with Gasteiger partial charge in [0.25, 0.3) is 0 Å². The molecule has 0 unspecified atom stereocenters. The molecule has 1 aromatic rings. The van der Waals surface area contributed by atoms with Gasteiger partial charge in [-0.3, -0.25) is 0 Å². The summed E-state index contributed by atoms with van der Waals surface area (Å²) in [6.45, 7) is 7.73. The molecule has 0 spiro atoms. The minimum Gasteiger partial charge on any atom is -0.494 e. The zero-order chi connectivity index (χ0) is 15.3. The number of hydrogen-bond donors (Lipinski definition) is 1. The molecule has 0 atom stereocenters. The zero-order valence-electron chi connectivity index (χ0n) is 12.1. The van der Waals surface area contributed by atoms with E-state index in [0.717, 1.165) is 5.57 Å². The van der Waals surface area contributed by atoms with Crippen LogP contribution in [0, 0.1) is 0 Å². The normalized spacial score (nSPS) is 11.7. The van der Waals surface area contributed by atoms with Crippen molar-refractivity contribution in [2.75, 3.05) is 20.2 Å². The van der Waals surface area contributed by atoms with Gasteiger partial charge < -0.3 is 9.84 Å². The van der Waals surface area contributed by atoms with E-state index < -0.39 is 10.0 Å². The lowest BCUT2D eigenvalue weighted by Crippen LogP contribution is -2.28. The molecule has 0 bridgehead atoms. The summed E-state index contributed by atoms with van der Waals surface area (Å²) in [6, 6.07) is 4.49. The van der Waals surface area contributed by atoms with Gasteiger partial charge in [0.15, 0.2) is 0 Å². The number of hydrogen-bond acceptors (Lipinski definition) is 4. The van der Waals surface area contributed by atoms with E-state index in [1.54, 1.807) is 13.0 Å². The van der Waals surface area contributed by atoms with Crippen LogP contribution in [0.2, 0.25) is 0 Å². The van der Waals surface area contributed by atoms with Crippen molar-refractivity contribution in [2.45, 2.75) is 25.3 Å².